The number of imide groups is 1. The molecular formula is C27H22N4O6. The van der Waals surface area contributed by atoms with Gasteiger partial charge in [-0.1, -0.05) is 30.3 Å². The summed E-state index contributed by atoms with van der Waals surface area (Å²) in [7, 11) is 0. The minimum absolute atomic E-state index is 0.0369. The lowest BCUT2D eigenvalue weighted by Gasteiger charge is -2.10. The van der Waals surface area contributed by atoms with Crippen molar-refractivity contribution in [2.24, 2.45) is 0 Å². The van der Waals surface area contributed by atoms with Crippen molar-refractivity contribution in [1.82, 2.24) is 5.32 Å². The number of rotatable bonds is 6. The van der Waals surface area contributed by atoms with E-state index in [0.717, 1.165) is 10.8 Å². The van der Waals surface area contributed by atoms with Crippen molar-refractivity contribution in [2.75, 3.05) is 10.6 Å². The van der Waals surface area contributed by atoms with Crippen LogP contribution in [0.4, 0.5) is 21.9 Å². The van der Waals surface area contributed by atoms with Gasteiger partial charge in [-0.2, -0.15) is 0 Å². The van der Waals surface area contributed by atoms with E-state index in [1.807, 2.05) is 0 Å². The monoisotopic (exact) mass is 498 g/mol. The van der Waals surface area contributed by atoms with Gasteiger partial charge in [-0.05, 0) is 65.2 Å². The molecule has 0 heterocycles. The molecule has 4 N–H and O–H groups in total. The largest absolute Gasteiger partial charge is 0.508 e. The summed E-state index contributed by atoms with van der Waals surface area (Å²) in [4.78, 5) is 47.7. The maximum absolute atomic E-state index is 12.6. The average Bonchev–Trinajstić information content (AvgIpc) is 2.86. The average molecular weight is 498 g/mol. The lowest BCUT2D eigenvalue weighted by Crippen LogP contribution is -2.34. The van der Waals surface area contributed by atoms with E-state index < -0.39 is 22.8 Å². The van der Waals surface area contributed by atoms with Gasteiger partial charge in [0.05, 0.1) is 11.3 Å². The molecule has 10 nitrogen and oxygen atoms in total. The van der Waals surface area contributed by atoms with E-state index in [-0.39, 0.29) is 23.4 Å². The quantitative estimate of drug-likeness (QED) is 0.219. The van der Waals surface area contributed by atoms with Gasteiger partial charge >= 0.3 is 6.03 Å². The summed E-state index contributed by atoms with van der Waals surface area (Å²) in [5.74, 6) is -0.831. The number of nitrogens with one attached hydrogen (secondary N) is 3. The standard InChI is InChI=1S/C27H22N4O6/c1-16-23-10-8-19(14-18(23)9-11-24(16)32)26(34)30-27(35)29-20-5-2-4-17(12-20)13-25(33)28-21-6-3-7-22(15-21)31(36)37/h2-12,14-15,32H,13H2,1H3,(H,28,33)(H2,29,30,34,35). The number of amides is 4. The SMILES string of the molecule is Cc1c(O)ccc2cc(C(=O)NC(=O)Nc3cccc(CC(=O)Nc4cccc([N+](=O)[O-])c4)c3)ccc12. The maximum Gasteiger partial charge on any atom is 0.326 e. The van der Waals surface area contributed by atoms with Crippen LogP contribution in [0.3, 0.4) is 0 Å². The Hall–Kier alpha value is -5.25. The third-order valence-corrected chi connectivity index (χ3v) is 5.64. The smallest absolute Gasteiger partial charge is 0.326 e. The second kappa shape index (κ2) is 10.6. The molecular weight excluding hydrogens is 476 g/mol. The molecule has 0 aliphatic heterocycles. The van der Waals surface area contributed by atoms with E-state index in [0.29, 0.717) is 22.5 Å². The minimum Gasteiger partial charge on any atom is -0.508 e. The van der Waals surface area contributed by atoms with Crippen LogP contribution in [-0.2, 0) is 11.2 Å². The number of nitro groups is 1. The van der Waals surface area contributed by atoms with Gasteiger partial charge in [-0.15, -0.1) is 0 Å². The molecule has 0 unspecified atom stereocenters. The third-order valence-electron chi connectivity index (χ3n) is 5.64. The van der Waals surface area contributed by atoms with E-state index in [1.165, 1.54) is 18.2 Å². The fourth-order valence-electron chi connectivity index (χ4n) is 3.80. The van der Waals surface area contributed by atoms with Crippen LogP contribution < -0.4 is 16.0 Å². The Morgan fingerprint density at radius 3 is 2.38 bits per heavy atom. The topological polar surface area (TPSA) is 151 Å². The lowest BCUT2D eigenvalue weighted by molar-refractivity contribution is -0.384. The summed E-state index contributed by atoms with van der Waals surface area (Å²) in [6.45, 7) is 1.77. The molecule has 10 heteroatoms. The van der Waals surface area contributed by atoms with Crippen molar-refractivity contribution < 1.29 is 24.4 Å². The minimum atomic E-state index is -0.745. The third kappa shape index (κ3) is 6.06. The molecule has 0 bridgehead atoms. The fourth-order valence-corrected chi connectivity index (χ4v) is 3.80. The second-order valence-corrected chi connectivity index (χ2v) is 8.29. The Bertz CT molecular complexity index is 1550. The van der Waals surface area contributed by atoms with Crippen LogP contribution in [0.15, 0.2) is 78.9 Å². The Morgan fingerprint density at radius 1 is 0.892 bits per heavy atom. The molecule has 0 radical (unpaired) electrons. The predicted molar refractivity (Wildman–Crippen MR) is 139 cm³/mol. The molecule has 0 aromatic heterocycles. The highest BCUT2D eigenvalue weighted by Crippen LogP contribution is 2.27. The molecule has 0 aliphatic carbocycles. The van der Waals surface area contributed by atoms with Crippen molar-refractivity contribution >= 4 is 45.7 Å². The number of phenols is 1. The molecule has 4 rings (SSSR count). The summed E-state index contributed by atoms with van der Waals surface area (Å²) >= 11 is 0. The van der Waals surface area contributed by atoms with Crippen LogP contribution in [-0.4, -0.2) is 27.9 Å². The number of benzene rings is 4. The van der Waals surface area contributed by atoms with Gasteiger partial charge in [0.25, 0.3) is 11.6 Å². The Morgan fingerprint density at radius 2 is 1.62 bits per heavy atom. The van der Waals surface area contributed by atoms with E-state index in [1.54, 1.807) is 67.6 Å². The highest BCUT2D eigenvalue weighted by Gasteiger charge is 2.13. The molecule has 0 spiro atoms. The number of non-ortho nitro benzene ring substituents is 1. The number of urea groups is 1. The summed E-state index contributed by atoms with van der Waals surface area (Å²) in [6.07, 6.45) is -0.0369. The number of carbonyl (C=O) groups is 3. The van der Waals surface area contributed by atoms with Crippen LogP contribution >= 0.6 is 0 Å². The number of aryl methyl sites for hydroxylation is 1. The molecule has 0 fully saturated rings. The van der Waals surface area contributed by atoms with Crippen LogP contribution in [0.1, 0.15) is 21.5 Å². The van der Waals surface area contributed by atoms with Gasteiger partial charge in [0.15, 0.2) is 0 Å². The summed E-state index contributed by atoms with van der Waals surface area (Å²) < 4.78 is 0. The highest BCUT2D eigenvalue weighted by atomic mass is 16.6. The molecule has 0 aliphatic rings. The van der Waals surface area contributed by atoms with Crippen molar-refractivity contribution in [2.45, 2.75) is 13.3 Å². The fraction of sp³-hybridized carbons (Fsp3) is 0.0741. The molecule has 0 saturated heterocycles. The lowest BCUT2D eigenvalue weighted by atomic mass is 10.0. The Balaban J connectivity index is 1.36. The first kappa shape index (κ1) is 24.9. The van der Waals surface area contributed by atoms with Gasteiger partial charge in [-0.3, -0.25) is 25.0 Å². The predicted octanol–water partition coefficient (Wildman–Crippen LogP) is 4.91. The number of hydrogen-bond donors (Lipinski definition) is 4. The van der Waals surface area contributed by atoms with Gasteiger partial charge in [0.1, 0.15) is 5.75 Å². The Labute approximate surface area is 211 Å². The zero-order chi connectivity index (χ0) is 26.5. The zero-order valence-electron chi connectivity index (χ0n) is 19.6. The van der Waals surface area contributed by atoms with Crippen molar-refractivity contribution in [3.8, 4) is 5.75 Å². The normalized spacial score (nSPS) is 10.5. The molecule has 4 amide bonds. The molecule has 4 aromatic rings. The number of hydrogen-bond acceptors (Lipinski definition) is 6. The first-order valence-corrected chi connectivity index (χ1v) is 11.2. The van der Waals surface area contributed by atoms with Crippen LogP contribution in [0.2, 0.25) is 0 Å². The van der Waals surface area contributed by atoms with Crippen molar-refractivity contribution in [3.63, 3.8) is 0 Å². The first-order chi connectivity index (χ1) is 17.7. The number of phenolic OH excluding ortho intramolecular Hbond substituents is 1. The first-order valence-electron chi connectivity index (χ1n) is 11.2. The Kier molecular flexibility index (Phi) is 7.10. The van der Waals surface area contributed by atoms with Gasteiger partial charge in [0, 0.05) is 29.1 Å². The van der Waals surface area contributed by atoms with E-state index in [2.05, 4.69) is 16.0 Å². The number of nitrogens with zero attached hydrogens (tertiary/aromatic N) is 1. The molecule has 0 atom stereocenters. The summed E-state index contributed by atoms with van der Waals surface area (Å²) in [5, 5.41) is 29.7. The number of carbonyl (C=O) groups excluding carboxylic acids is 3. The number of aromatic hydroxyl groups is 1. The summed E-state index contributed by atoms with van der Waals surface area (Å²) in [5.41, 5.74) is 2.09. The van der Waals surface area contributed by atoms with Crippen molar-refractivity contribution in [1.29, 1.82) is 0 Å². The highest BCUT2D eigenvalue weighted by molar-refractivity contribution is 6.09. The number of fused-ring (bicyclic) bond motifs is 1. The zero-order valence-corrected chi connectivity index (χ0v) is 19.6. The van der Waals surface area contributed by atoms with Crippen LogP contribution in [0.5, 0.6) is 5.75 Å². The van der Waals surface area contributed by atoms with Crippen molar-refractivity contribution in [3.05, 3.63) is 106 Å². The van der Waals surface area contributed by atoms with Crippen LogP contribution in [0, 0.1) is 17.0 Å². The maximum atomic E-state index is 12.6. The van der Waals surface area contributed by atoms with Gasteiger partial charge < -0.3 is 15.7 Å². The van der Waals surface area contributed by atoms with E-state index in [9.17, 15) is 29.6 Å². The number of anilines is 2. The van der Waals surface area contributed by atoms with Gasteiger partial charge in [0.2, 0.25) is 5.91 Å². The molecule has 37 heavy (non-hydrogen) atoms. The summed E-state index contributed by atoms with van der Waals surface area (Å²) in [6, 6.07) is 19.5. The molecule has 4 aromatic carbocycles. The van der Waals surface area contributed by atoms with E-state index >= 15 is 0 Å². The molecule has 0 saturated carbocycles. The van der Waals surface area contributed by atoms with E-state index in [4.69, 9.17) is 0 Å². The van der Waals surface area contributed by atoms with Crippen LogP contribution in [0.25, 0.3) is 10.8 Å². The number of nitro benzene ring substituents is 1. The molecule has 186 valence electrons. The van der Waals surface area contributed by atoms with Gasteiger partial charge in [-0.25, -0.2) is 4.79 Å². The second-order valence-electron chi connectivity index (χ2n) is 8.29.